The Kier molecular flexibility index (Phi) is 7.00. The molecule has 118 valence electrons. The monoisotopic (exact) mass is 293 g/mol. The molecule has 1 atom stereocenters. The highest BCUT2D eigenvalue weighted by Crippen LogP contribution is 2.33. The molecule has 1 N–H and O–H groups in total. The average molecular weight is 293 g/mol. The molecule has 2 rings (SSSR count). The number of aryl methyl sites for hydroxylation is 1. The molecule has 4 heteroatoms. The predicted octanol–water partition coefficient (Wildman–Crippen LogP) is 2.72. The first-order valence-electron chi connectivity index (χ1n) is 7.90. The van der Waals surface area contributed by atoms with Crippen LogP contribution in [0, 0.1) is 0 Å². The zero-order valence-electron chi connectivity index (χ0n) is 13.2. The van der Waals surface area contributed by atoms with E-state index in [9.17, 15) is 0 Å². The van der Waals surface area contributed by atoms with Crippen LogP contribution in [0.5, 0.6) is 5.75 Å². The van der Waals surface area contributed by atoms with Crippen molar-refractivity contribution in [2.24, 2.45) is 0 Å². The van der Waals surface area contributed by atoms with Crippen molar-refractivity contribution in [2.75, 3.05) is 40.1 Å². The smallest absolute Gasteiger partial charge is 0.119 e. The van der Waals surface area contributed by atoms with Gasteiger partial charge in [-0.2, -0.15) is 0 Å². The van der Waals surface area contributed by atoms with Crippen LogP contribution >= 0.6 is 0 Å². The van der Waals surface area contributed by atoms with Gasteiger partial charge < -0.3 is 19.5 Å². The van der Waals surface area contributed by atoms with Crippen LogP contribution in [0.2, 0.25) is 0 Å². The third-order valence-electron chi connectivity index (χ3n) is 3.78. The van der Waals surface area contributed by atoms with Gasteiger partial charge in [0.05, 0.1) is 19.8 Å². The molecule has 0 heterocycles. The summed E-state index contributed by atoms with van der Waals surface area (Å²) >= 11 is 0. The maximum Gasteiger partial charge on any atom is 0.119 e. The van der Waals surface area contributed by atoms with Crippen LogP contribution in [0.1, 0.15) is 36.9 Å². The van der Waals surface area contributed by atoms with Crippen molar-refractivity contribution in [3.63, 3.8) is 0 Å². The van der Waals surface area contributed by atoms with Gasteiger partial charge in [-0.1, -0.05) is 13.0 Å². The molecule has 21 heavy (non-hydrogen) atoms. The highest BCUT2D eigenvalue weighted by atomic mass is 16.5. The first kappa shape index (κ1) is 16.3. The van der Waals surface area contributed by atoms with Crippen molar-refractivity contribution in [3.05, 3.63) is 29.3 Å². The molecule has 0 saturated heterocycles. The summed E-state index contributed by atoms with van der Waals surface area (Å²) in [4.78, 5) is 0. The first-order valence-corrected chi connectivity index (χ1v) is 7.90. The molecule has 1 aromatic rings. The molecule has 4 nitrogen and oxygen atoms in total. The van der Waals surface area contributed by atoms with Gasteiger partial charge in [-0.05, 0) is 42.6 Å². The number of benzene rings is 1. The third-order valence-corrected chi connectivity index (χ3v) is 3.78. The Bertz CT molecular complexity index is 422. The van der Waals surface area contributed by atoms with Crippen LogP contribution in [-0.2, 0) is 15.9 Å². The second-order valence-electron chi connectivity index (χ2n) is 5.32. The Morgan fingerprint density at radius 1 is 1.19 bits per heavy atom. The van der Waals surface area contributed by atoms with Gasteiger partial charge in [0.25, 0.3) is 0 Å². The highest BCUT2D eigenvalue weighted by Gasteiger charge is 2.21. The molecule has 0 fully saturated rings. The van der Waals surface area contributed by atoms with Gasteiger partial charge in [-0.3, -0.25) is 0 Å². The quantitative estimate of drug-likeness (QED) is 0.673. The van der Waals surface area contributed by atoms with Gasteiger partial charge in [0, 0.05) is 26.2 Å². The molecule has 0 bridgehead atoms. The second kappa shape index (κ2) is 9.03. The van der Waals surface area contributed by atoms with E-state index in [4.69, 9.17) is 14.2 Å². The fraction of sp³-hybridized carbons (Fsp3) is 0.647. The fourth-order valence-electron chi connectivity index (χ4n) is 2.74. The molecule has 1 aliphatic rings. The van der Waals surface area contributed by atoms with Crippen molar-refractivity contribution in [1.29, 1.82) is 0 Å². The number of fused-ring (bicyclic) bond motifs is 1. The maximum absolute atomic E-state index is 5.80. The molecule has 0 radical (unpaired) electrons. The van der Waals surface area contributed by atoms with Crippen molar-refractivity contribution < 1.29 is 14.2 Å². The molecule has 0 spiro atoms. The van der Waals surface area contributed by atoms with E-state index < -0.39 is 0 Å². The van der Waals surface area contributed by atoms with Crippen LogP contribution in [0.4, 0.5) is 0 Å². The van der Waals surface area contributed by atoms with E-state index in [1.807, 2.05) is 0 Å². The van der Waals surface area contributed by atoms with Gasteiger partial charge >= 0.3 is 0 Å². The summed E-state index contributed by atoms with van der Waals surface area (Å²) in [6, 6.07) is 7.01. The predicted molar refractivity (Wildman–Crippen MR) is 84.0 cm³/mol. The number of nitrogens with one attached hydrogen (secondary N) is 1. The minimum atomic E-state index is 0.522. The van der Waals surface area contributed by atoms with Crippen molar-refractivity contribution >= 4 is 0 Å². The van der Waals surface area contributed by atoms with Crippen LogP contribution < -0.4 is 10.1 Å². The number of methoxy groups -OCH3 is 1. The number of ether oxygens (including phenoxy) is 3. The largest absolute Gasteiger partial charge is 0.493 e. The summed E-state index contributed by atoms with van der Waals surface area (Å²) in [5.74, 6) is 0.975. The van der Waals surface area contributed by atoms with E-state index >= 15 is 0 Å². The van der Waals surface area contributed by atoms with E-state index in [2.05, 4.69) is 30.4 Å². The zero-order valence-corrected chi connectivity index (χ0v) is 13.2. The fourth-order valence-corrected chi connectivity index (χ4v) is 2.74. The minimum Gasteiger partial charge on any atom is -0.493 e. The Hall–Kier alpha value is -1.10. The van der Waals surface area contributed by atoms with Gasteiger partial charge in [0.2, 0.25) is 0 Å². The first-order chi connectivity index (χ1) is 10.3. The van der Waals surface area contributed by atoms with E-state index in [1.54, 1.807) is 7.11 Å². The van der Waals surface area contributed by atoms with Gasteiger partial charge in [0.1, 0.15) is 5.75 Å². The average Bonchev–Trinajstić information content (AvgIpc) is 2.89. The Labute approximate surface area is 127 Å². The number of hydrogen-bond acceptors (Lipinski definition) is 4. The molecule has 1 aromatic carbocycles. The lowest BCUT2D eigenvalue weighted by molar-refractivity contribution is 0.0644. The van der Waals surface area contributed by atoms with E-state index in [-0.39, 0.29) is 0 Å². The Morgan fingerprint density at radius 2 is 2.10 bits per heavy atom. The lowest BCUT2D eigenvalue weighted by atomic mass is 10.1. The maximum atomic E-state index is 5.80. The summed E-state index contributed by atoms with van der Waals surface area (Å²) in [6.07, 6.45) is 3.24. The molecule has 0 aliphatic heterocycles. The highest BCUT2D eigenvalue weighted by molar-refractivity contribution is 5.40. The molecule has 1 unspecified atom stereocenters. The Morgan fingerprint density at radius 3 is 2.90 bits per heavy atom. The molecular weight excluding hydrogens is 266 g/mol. The van der Waals surface area contributed by atoms with Crippen LogP contribution in [0.3, 0.4) is 0 Å². The summed E-state index contributed by atoms with van der Waals surface area (Å²) in [5.41, 5.74) is 2.86. The number of hydrogen-bond donors (Lipinski definition) is 1. The van der Waals surface area contributed by atoms with Gasteiger partial charge in [-0.25, -0.2) is 0 Å². The summed E-state index contributed by atoms with van der Waals surface area (Å²) in [5, 5.41) is 3.53. The third kappa shape index (κ3) is 4.99. The second-order valence-corrected chi connectivity index (χ2v) is 5.32. The summed E-state index contributed by atoms with van der Waals surface area (Å²) in [6.45, 7) is 5.90. The van der Waals surface area contributed by atoms with E-state index in [0.717, 1.165) is 31.7 Å². The van der Waals surface area contributed by atoms with Crippen molar-refractivity contribution in [3.8, 4) is 5.75 Å². The molecule has 0 aromatic heterocycles. The van der Waals surface area contributed by atoms with Crippen LogP contribution in [0.15, 0.2) is 18.2 Å². The topological polar surface area (TPSA) is 39.7 Å². The van der Waals surface area contributed by atoms with Gasteiger partial charge in [-0.15, -0.1) is 0 Å². The van der Waals surface area contributed by atoms with E-state index in [1.165, 1.54) is 17.5 Å². The lowest BCUT2D eigenvalue weighted by Gasteiger charge is -2.13. The molecular formula is C17H27NO3. The summed E-state index contributed by atoms with van der Waals surface area (Å²) < 4.78 is 16.1. The SMILES string of the molecule is CCNC1CCc2cc(OCCCOCCOC)ccc21. The number of rotatable bonds is 10. The van der Waals surface area contributed by atoms with Gasteiger partial charge in [0.15, 0.2) is 0 Å². The Balaban J connectivity index is 1.71. The van der Waals surface area contributed by atoms with Crippen LogP contribution in [0.25, 0.3) is 0 Å². The zero-order chi connectivity index (χ0) is 14.9. The standard InChI is InChI=1S/C17H27NO3/c1-3-18-17-8-5-14-13-15(6-7-16(14)17)21-10-4-9-20-12-11-19-2/h6-7,13,17-18H,3-5,8-12H2,1-2H3. The lowest BCUT2D eigenvalue weighted by Crippen LogP contribution is -2.18. The molecule has 0 amide bonds. The minimum absolute atomic E-state index is 0.522. The normalized spacial score (nSPS) is 17.0. The van der Waals surface area contributed by atoms with Crippen molar-refractivity contribution in [1.82, 2.24) is 5.32 Å². The molecule has 0 saturated carbocycles. The van der Waals surface area contributed by atoms with Crippen LogP contribution in [-0.4, -0.2) is 40.1 Å². The van der Waals surface area contributed by atoms with E-state index in [0.29, 0.717) is 25.9 Å². The molecule has 1 aliphatic carbocycles. The van der Waals surface area contributed by atoms with Crippen molar-refractivity contribution in [2.45, 2.75) is 32.2 Å². The summed E-state index contributed by atoms with van der Waals surface area (Å²) in [7, 11) is 1.68.